The van der Waals surface area contributed by atoms with Gasteiger partial charge in [0.2, 0.25) is 5.75 Å². The molecule has 10 heteroatoms. The number of benzene rings is 2. The Balaban J connectivity index is 2.14. The molecule has 3 aliphatic heterocycles. The molecular weight excluding hydrogens is 348 g/mol. The Bertz CT molecular complexity index is 927. The van der Waals surface area contributed by atoms with E-state index in [9.17, 15) is 20.2 Å². The molecule has 3 aliphatic rings. The van der Waals surface area contributed by atoms with Gasteiger partial charge in [0.25, 0.3) is 5.69 Å². The maximum absolute atomic E-state index is 11.7. The van der Waals surface area contributed by atoms with Crippen molar-refractivity contribution in [3.05, 3.63) is 44.5 Å². The number of hydrogen-bond donors (Lipinski definition) is 0. The number of hydrogen-bond acceptors (Lipinski definition) is 8. The molecule has 26 heavy (non-hydrogen) atoms. The summed E-state index contributed by atoms with van der Waals surface area (Å²) in [6, 6.07) is 5.58. The van der Waals surface area contributed by atoms with Gasteiger partial charge >= 0.3 is 5.69 Å². The third kappa shape index (κ3) is 2.42. The topological polar surface area (TPSA) is 123 Å². The van der Waals surface area contributed by atoms with Gasteiger partial charge in [-0.05, 0) is 12.1 Å². The summed E-state index contributed by atoms with van der Waals surface area (Å²) in [6.07, 6.45) is 0. The van der Waals surface area contributed by atoms with Gasteiger partial charge in [-0.2, -0.15) is 0 Å². The summed E-state index contributed by atoms with van der Waals surface area (Å²) in [4.78, 5) is 22.1. The smallest absolute Gasteiger partial charge is 0.319 e. The molecule has 134 valence electrons. The monoisotopic (exact) mass is 360 g/mol. The number of nitrogens with zero attached hydrogens (tertiary/aromatic N) is 2. The van der Waals surface area contributed by atoms with E-state index in [4.69, 9.17) is 18.9 Å². The molecule has 10 nitrogen and oxygen atoms in total. The number of fused-ring (bicyclic) bond motifs is 4. The summed E-state index contributed by atoms with van der Waals surface area (Å²) in [6.45, 7) is 0.436. The minimum absolute atomic E-state index is 0.000487. The van der Waals surface area contributed by atoms with Crippen molar-refractivity contribution in [1.29, 1.82) is 0 Å². The Morgan fingerprint density at radius 1 is 0.808 bits per heavy atom. The van der Waals surface area contributed by atoms with E-state index in [1.165, 1.54) is 24.3 Å². The van der Waals surface area contributed by atoms with E-state index in [0.29, 0.717) is 0 Å². The molecule has 2 aromatic rings. The predicted octanol–water partition coefficient (Wildman–Crippen LogP) is 2.71. The molecule has 0 unspecified atom stereocenters. The van der Waals surface area contributed by atoms with Gasteiger partial charge in [0.15, 0.2) is 17.2 Å². The Morgan fingerprint density at radius 2 is 1.46 bits per heavy atom. The van der Waals surface area contributed by atoms with Crippen molar-refractivity contribution in [2.24, 2.45) is 0 Å². The van der Waals surface area contributed by atoms with Crippen LogP contribution in [0.25, 0.3) is 11.1 Å². The zero-order valence-corrected chi connectivity index (χ0v) is 13.3. The predicted molar refractivity (Wildman–Crippen MR) is 87.2 cm³/mol. The SMILES string of the molecule is O=[N+]([O-])c1cc2c3c(c1-c1cccc(c1[N+](=O)[O-])OCCO2)OCCO3. The molecule has 0 fully saturated rings. The Hall–Kier alpha value is -3.56. The minimum atomic E-state index is -0.629. The first-order chi connectivity index (χ1) is 12.6. The maximum atomic E-state index is 11.7. The average molecular weight is 360 g/mol. The third-order valence-electron chi connectivity index (χ3n) is 4.00. The van der Waals surface area contributed by atoms with Crippen LogP contribution in [0.2, 0.25) is 0 Å². The number of nitro benzene ring substituents is 2. The molecule has 2 aromatic carbocycles. The van der Waals surface area contributed by atoms with Crippen LogP contribution in [0.15, 0.2) is 24.3 Å². The van der Waals surface area contributed by atoms with E-state index in [0.717, 1.165) is 0 Å². The van der Waals surface area contributed by atoms with E-state index in [1.807, 2.05) is 0 Å². The van der Waals surface area contributed by atoms with Crippen LogP contribution in [0.4, 0.5) is 11.4 Å². The second kappa shape index (κ2) is 6.06. The molecule has 0 atom stereocenters. The van der Waals surface area contributed by atoms with Crippen LogP contribution >= 0.6 is 0 Å². The van der Waals surface area contributed by atoms with E-state index in [2.05, 4.69) is 0 Å². The molecule has 0 amide bonds. The Kier molecular flexibility index (Phi) is 3.72. The Labute approximate surface area is 146 Å². The lowest BCUT2D eigenvalue weighted by molar-refractivity contribution is -0.387. The summed E-state index contributed by atoms with van der Waals surface area (Å²) in [5, 5.41) is 23.4. The van der Waals surface area contributed by atoms with E-state index >= 15 is 0 Å². The fourth-order valence-electron chi connectivity index (χ4n) is 3.01. The number of rotatable bonds is 2. The summed E-state index contributed by atoms with van der Waals surface area (Å²) in [5.74, 6) is 0.387. The first-order valence-electron chi connectivity index (χ1n) is 7.72. The molecule has 0 saturated carbocycles. The van der Waals surface area contributed by atoms with Gasteiger partial charge in [0, 0.05) is 0 Å². The highest BCUT2D eigenvalue weighted by atomic mass is 16.6. The molecule has 0 aliphatic carbocycles. The van der Waals surface area contributed by atoms with Crippen LogP contribution in [0.5, 0.6) is 23.0 Å². The molecule has 0 radical (unpaired) electrons. The van der Waals surface area contributed by atoms with Crippen LogP contribution in [-0.4, -0.2) is 36.3 Å². The van der Waals surface area contributed by atoms with Crippen molar-refractivity contribution >= 4 is 11.4 Å². The zero-order chi connectivity index (χ0) is 18.3. The highest BCUT2D eigenvalue weighted by Gasteiger charge is 2.36. The number of nitro groups is 2. The normalized spacial score (nSPS) is 14.6. The Morgan fingerprint density at radius 3 is 2.15 bits per heavy atom. The fraction of sp³-hybridized carbons (Fsp3) is 0.250. The first-order valence-corrected chi connectivity index (χ1v) is 7.72. The van der Waals surface area contributed by atoms with Crippen molar-refractivity contribution in [1.82, 2.24) is 0 Å². The molecular formula is C16H12N2O8. The standard InChI is InChI=1S/C16H12N2O8/c19-17(20)10-8-12-15-16(26-7-6-25-15)13(10)9-2-1-3-11(14(9)18(21)22)23-4-5-24-12/h1-3,8H,4-7H2. The van der Waals surface area contributed by atoms with Gasteiger partial charge < -0.3 is 18.9 Å². The highest BCUT2D eigenvalue weighted by molar-refractivity contribution is 5.90. The molecule has 0 saturated heterocycles. The van der Waals surface area contributed by atoms with Crippen LogP contribution < -0.4 is 18.9 Å². The number of ether oxygens (including phenoxy) is 4. The van der Waals surface area contributed by atoms with Crippen LogP contribution in [0, 0.1) is 20.2 Å². The van der Waals surface area contributed by atoms with E-state index in [1.54, 1.807) is 0 Å². The molecule has 0 N–H and O–H groups in total. The van der Waals surface area contributed by atoms with Crippen molar-refractivity contribution in [3.63, 3.8) is 0 Å². The lowest BCUT2D eigenvalue weighted by atomic mass is 9.98. The van der Waals surface area contributed by atoms with Crippen LogP contribution in [-0.2, 0) is 0 Å². The fourth-order valence-corrected chi connectivity index (χ4v) is 3.01. The van der Waals surface area contributed by atoms with Crippen LogP contribution in [0.1, 0.15) is 0 Å². The quantitative estimate of drug-likeness (QED) is 0.591. The molecule has 0 spiro atoms. The number of para-hydroxylation sites is 1. The van der Waals surface area contributed by atoms with Gasteiger partial charge in [-0.15, -0.1) is 0 Å². The summed E-state index contributed by atoms with van der Waals surface area (Å²) < 4.78 is 22.2. The van der Waals surface area contributed by atoms with E-state index < -0.39 is 9.85 Å². The molecule has 4 bridgehead atoms. The van der Waals surface area contributed by atoms with Gasteiger partial charge in [-0.25, -0.2) is 0 Å². The second-order valence-electron chi connectivity index (χ2n) is 5.49. The summed E-state index contributed by atoms with van der Waals surface area (Å²) in [7, 11) is 0. The third-order valence-corrected chi connectivity index (χ3v) is 4.00. The van der Waals surface area contributed by atoms with Gasteiger partial charge in [0.1, 0.15) is 32.0 Å². The first kappa shape index (κ1) is 15.9. The van der Waals surface area contributed by atoms with Gasteiger partial charge in [-0.3, -0.25) is 20.2 Å². The molecule has 0 aromatic heterocycles. The maximum Gasteiger partial charge on any atom is 0.319 e. The zero-order valence-electron chi connectivity index (χ0n) is 13.3. The molecule has 3 heterocycles. The average Bonchev–Trinajstić information content (AvgIpc) is 2.66. The van der Waals surface area contributed by atoms with Crippen LogP contribution in [0.3, 0.4) is 0 Å². The minimum Gasteiger partial charge on any atom is -0.486 e. The second-order valence-corrected chi connectivity index (χ2v) is 5.49. The van der Waals surface area contributed by atoms with E-state index in [-0.39, 0.29) is 71.9 Å². The lowest BCUT2D eigenvalue weighted by Gasteiger charge is -2.23. The lowest BCUT2D eigenvalue weighted by Crippen LogP contribution is -2.18. The molecule has 5 rings (SSSR count). The van der Waals surface area contributed by atoms with Gasteiger partial charge in [-0.1, -0.05) is 6.07 Å². The van der Waals surface area contributed by atoms with Gasteiger partial charge in [0.05, 0.1) is 21.5 Å². The summed E-state index contributed by atoms with van der Waals surface area (Å²) in [5.41, 5.74) is -0.751. The largest absolute Gasteiger partial charge is 0.486 e. The van der Waals surface area contributed by atoms with Crippen molar-refractivity contribution in [2.45, 2.75) is 0 Å². The van der Waals surface area contributed by atoms with Crippen molar-refractivity contribution in [2.75, 3.05) is 26.4 Å². The summed E-state index contributed by atoms with van der Waals surface area (Å²) >= 11 is 0. The highest BCUT2D eigenvalue weighted by Crippen LogP contribution is 2.54. The van der Waals surface area contributed by atoms with Crippen molar-refractivity contribution < 1.29 is 28.8 Å². The van der Waals surface area contributed by atoms with Crippen molar-refractivity contribution in [3.8, 4) is 34.1 Å².